The Labute approximate surface area is 166 Å². The third-order valence-corrected chi connectivity index (χ3v) is 4.42. The van der Waals surface area contributed by atoms with Gasteiger partial charge in [-0.25, -0.2) is 8.42 Å². The van der Waals surface area contributed by atoms with E-state index < -0.39 is 10.1 Å². The summed E-state index contributed by atoms with van der Waals surface area (Å²) >= 11 is 0. The van der Waals surface area contributed by atoms with Gasteiger partial charge in [0.15, 0.2) is 0 Å². The van der Waals surface area contributed by atoms with E-state index in [4.69, 9.17) is 4.74 Å². The summed E-state index contributed by atoms with van der Waals surface area (Å²) in [5.74, 6) is 1.20. The molecule has 0 aliphatic rings. The summed E-state index contributed by atoms with van der Waals surface area (Å²) < 4.78 is 38.4. The summed E-state index contributed by atoms with van der Waals surface area (Å²) in [5, 5.41) is 0. The number of rotatable bonds is 8. The van der Waals surface area contributed by atoms with Crippen molar-refractivity contribution in [1.29, 1.82) is 0 Å². The van der Waals surface area contributed by atoms with Crippen molar-refractivity contribution in [3.8, 4) is 11.5 Å². The van der Waals surface area contributed by atoms with Crippen LogP contribution in [0.4, 0.5) is 0 Å². The predicted octanol–water partition coefficient (Wildman–Crippen LogP) is 1.51. The summed E-state index contributed by atoms with van der Waals surface area (Å²) in [6, 6.07) is 13.3. The van der Waals surface area contributed by atoms with E-state index in [0.29, 0.717) is 11.5 Å². The van der Waals surface area contributed by atoms with E-state index in [0.717, 1.165) is 12.8 Å². The quantitative estimate of drug-likeness (QED) is 0.409. The van der Waals surface area contributed by atoms with Crippen LogP contribution >= 0.6 is 0 Å². The molecule has 2 aromatic carbocycles. The molecule has 0 heterocycles. The average Bonchev–Trinajstić information content (AvgIpc) is 2.52. The fourth-order valence-electron chi connectivity index (χ4n) is 2.33. The molecule has 0 bridgehead atoms. The van der Waals surface area contributed by atoms with Crippen LogP contribution in [0.15, 0.2) is 53.4 Å². The molecule has 0 radical (unpaired) electrons. The van der Waals surface area contributed by atoms with E-state index in [9.17, 15) is 13.0 Å². The van der Waals surface area contributed by atoms with Crippen molar-refractivity contribution in [3.63, 3.8) is 0 Å². The third-order valence-electron chi connectivity index (χ3n) is 3.57. The summed E-state index contributed by atoms with van der Waals surface area (Å²) in [6.45, 7) is 2.19. The first kappa shape index (κ1) is 21.2. The molecule has 2 rings (SSSR count). The normalized spacial score (nSPS) is 10.9. The first-order valence-electron chi connectivity index (χ1n) is 7.82. The van der Waals surface area contributed by atoms with Crippen molar-refractivity contribution >= 4 is 10.1 Å². The molecular weight excluding hydrogens is 335 g/mol. The first-order chi connectivity index (χ1) is 11.0. The second kappa shape index (κ2) is 10.2. The predicted molar refractivity (Wildman–Crippen MR) is 88.8 cm³/mol. The second-order valence-electron chi connectivity index (χ2n) is 5.49. The number of benzene rings is 2. The molecule has 0 N–H and O–H groups in total. The van der Waals surface area contributed by atoms with E-state index in [1.165, 1.54) is 49.1 Å². The Hall–Kier alpha value is -0.850. The van der Waals surface area contributed by atoms with Gasteiger partial charge >= 0.3 is 29.6 Å². The average molecular weight is 356 g/mol. The van der Waals surface area contributed by atoms with Crippen LogP contribution < -0.4 is 34.3 Å². The van der Waals surface area contributed by atoms with Crippen molar-refractivity contribution in [2.45, 2.75) is 43.9 Å². The minimum absolute atomic E-state index is 0. The summed E-state index contributed by atoms with van der Waals surface area (Å²) in [5.41, 5.74) is 1.22. The molecule has 0 saturated carbocycles. The molecule has 24 heavy (non-hydrogen) atoms. The van der Waals surface area contributed by atoms with E-state index in [2.05, 4.69) is 13.0 Å². The molecule has 0 saturated heterocycles. The third kappa shape index (κ3) is 6.95. The van der Waals surface area contributed by atoms with Crippen LogP contribution in [0.5, 0.6) is 11.5 Å². The number of hydrogen-bond donors (Lipinski definition) is 0. The van der Waals surface area contributed by atoms with Crippen molar-refractivity contribution in [3.05, 3.63) is 54.1 Å². The summed E-state index contributed by atoms with van der Waals surface area (Å²) in [6.07, 6.45) is 5.88. The van der Waals surface area contributed by atoms with E-state index in [1.807, 2.05) is 18.2 Å². The SMILES string of the molecule is CCCCCCc1cccc(Oc2ccc(S(=O)(=O)[O-])cc2)c1.[Na+]. The molecule has 2 aromatic rings. The van der Waals surface area contributed by atoms with Gasteiger partial charge in [0.2, 0.25) is 0 Å². The zero-order valence-electron chi connectivity index (χ0n) is 14.2. The van der Waals surface area contributed by atoms with Crippen molar-refractivity contribution < 1.29 is 47.3 Å². The Morgan fingerprint density at radius 1 is 0.958 bits per heavy atom. The van der Waals surface area contributed by atoms with Gasteiger partial charge in [0.25, 0.3) is 0 Å². The molecule has 0 spiro atoms. The van der Waals surface area contributed by atoms with Crippen LogP contribution in [0.3, 0.4) is 0 Å². The monoisotopic (exact) mass is 356 g/mol. The first-order valence-corrected chi connectivity index (χ1v) is 9.22. The van der Waals surface area contributed by atoms with Crippen molar-refractivity contribution in [2.24, 2.45) is 0 Å². The Bertz CT molecular complexity index is 727. The van der Waals surface area contributed by atoms with Gasteiger partial charge < -0.3 is 9.29 Å². The fourth-order valence-corrected chi connectivity index (χ4v) is 2.80. The van der Waals surface area contributed by atoms with Gasteiger partial charge in [-0.2, -0.15) is 0 Å². The van der Waals surface area contributed by atoms with Crippen LogP contribution in [0.2, 0.25) is 0 Å². The van der Waals surface area contributed by atoms with E-state index in [-0.39, 0.29) is 34.5 Å². The molecule has 0 aliphatic carbocycles. The Balaban J connectivity index is 0.00000288. The Kier molecular flexibility index (Phi) is 9.02. The molecule has 124 valence electrons. The number of ether oxygens (including phenoxy) is 1. The standard InChI is InChI=1S/C18H22O4S.Na/c1-2-3-4-5-7-15-8-6-9-17(14-15)22-16-10-12-18(13-11-16)23(19,20)21;/h6,8-14H,2-5,7H2,1H3,(H,19,20,21);/q;+1/p-1. The molecule has 0 fully saturated rings. The molecule has 0 unspecified atom stereocenters. The second-order valence-corrected chi connectivity index (χ2v) is 6.87. The molecule has 0 aliphatic heterocycles. The van der Waals surface area contributed by atoms with Crippen LogP contribution in [-0.4, -0.2) is 13.0 Å². The molecule has 0 amide bonds. The molecule has 0 aromatic heterocycles. The minimum atomic E-state index is -4.42. The van der Waals surface area contributed by atoms with Crippen LogP contribution in [0.1, 0.15) is 38.2 Å². The topological polar surface area (TPSA) is 66.4 Å². The van der Waals surface area contributed by atoms with Gasteiger partial charge in [0.1, 0.15) is 21.6 Å². The fraction of sp³-hybridized carbons (Fsp3) is 0.333. The maximum absolute atomic E-state index is 10.9. The van der Waals surface area contributed by atoms with Crippen molar-refractivity contribution in [2.75, 3.05) is 0 Å². The van der Waals surface area contributed by atoms with E-state index >= 15 is 0 Å². The molecule has 0 atom stereocenters. The molecular formula is C18H21NaO4S. The van der Waals surface area contributed by atoms with Crippen LogP contribution in [0.25, 0.3) is 0 Å². The van der Waals surface area contributed by atoms with Gasteiger partial charge in [0, 0.05) is 0 Å². The smallest absolute Gasteiger partial charge is 0.744 e. The number of hydrogen-bond acceptors (Lipinski definition) is 4. The number of unbranched alkanes of at least 4 members (excludes halogenated alkanes) is 3. The van der Waals surface area contributed by atoms with E-state index in [1.54, 1.807) is 0 Å². The number of aryl methyl sites for hydroxylation is 1. The van der Waals surface area contributed by atoms with Gasteiger partial charge in [0.05, 0.1) is 4.90 Å². The minimum Gasteiger partial charge on any atom is -0.744 e. The Morgan fingerprint density at radius 2 is 1.67 bits per heavy atom. The maximum atomic E-state index is 10.9. The van der Waals surface area contributed by atoms with Gasteiger partial charge in [-0.05, 0) is 54.8 Å². The maximum Gasteiger partial charge on any atom is 1.00 e. The molecule has 4 nitrogen and oxygen atoms in total. The van der Waals surface area contributed by atoms with Crippen LogP contribution in [-0.2, 0) is 16.5 Å². The largest absolute Gasteiger partial charge is 1.00 e. The summed E-state index contributed by atoms with van der Waals surface area (Å²) in [4.78, 5) is -0.255. The van der Waals surface area contributed by atoms with Gasteiger partial charge in [-0.3, -0.25) is 0 Å². The van der Waals surface area contributed by atoms with Crippen molar-refractivity contribution in [1.82, 2.24) is 0 Å². The summed E-state index contributed by atoms with van der Waals surface area (Å²) in [7, 11) is -4.42. The zero-order valence-corrected chi connectivity index (χ0v) is 17.0. The van der Waals surface area contributed by atoms with Crippen LogP contribution in [0, 0.1) is 0 Å². The van der Waals surface area contributed by atoms with Gasteiger partial charge in [-0.15, -0.1) is 0 Å². The van der Waals surface area contributed by atoms with Gasteiger partial charge in [-0.1, -0.05) is 38.3 Å². The Morgan fingerprint density at radius 3 is 2.29 bits per heavy atom. The molecule has 6 heteroatoms. The zero-order chi connectivity index (χ0) is 16.7.